The molecule has 0 saturated heterocycles. The van der Waals surface area contributed by atoms with Gasteiger partial charge in [0.2, 0.25) is 5.95 Å². The van der Waals surface area contributed by atoms with Crippen molar-refractivity contribution < 1.29 is 0 Å². The summed E-state index contributed by atoms with van der Waals surface area (Å²) in [4.78, 5) is 12.3. The largest absolute Gasteiger partial charge is 0.351 e. The van der Waals surface area contributed by atoms with Crippen molar-refractivity contribution in [2.24, 2.45) is 0 Å². The summed E-state index contributed by atoms with van der Waals surface area (Å²) in [7, 11) is 0. The number of aromatic amines is 1. The molecule has 0 bridgehead atoms. The molecule has 2 N–H and O–H groups in total. The number of hydrogen-bond donors (Lipinski definition) is 2. The van der Waals surface area contributed by atoms with Crippen molar-refractivity contribution in [3.8, 4) is 11.1 Å². The number of hydrogen-bond acceptors (Lipinski definition) is 4. The molecule has 0 amide bonds. The molecule has 4 aromatic heterocycles. The van der Waals surface area contributed by atoms with Gasteiger partial charge in [0.1, 0.15) is 5.65 Å². The first kappa shape index (κ1) is 12.6. The molecule has 0 radical (unpaired) electrons. The summed E-state index contributed by atoms with van der Waals surface area (Å²) < 4.78 is 1.86. The Bertz CT molecular complexity index is 995. The van der Waals surface area contributed by atoms with Crippen LogP contribution in [0.5, 0.6) is 0 Å². The Morgan fingerprint density at radius 1 is 1.26 bits per heavy atom. The standard InChI is InChI=1S/C17H16N6/c1-2-12(3-1)21-17-19-10-15-14(9-18-16(15)22-17)11-5-7-23-13(8-11)4-6-20-23/h4-10,12H,1-3H2,(H2,18,19,21,22). The van der Waals surface area contributed by atoms with E-state index in [1.165, 1.54) is 19.3 Å². The highest BCUT2D eigenvalue weighted by Gasteiger charge is 2.18. The van der Waals surface area contributed by atoms with E-state index in [2.05, 4.69) is 37.5 Å². The Kier molecular flexibility index (Phi) is 2.64. The van der Waals surface area contributed by atoms with Gasteiger partial charge in [0.25, 0.3) is 0 Å². The second kappa shape index (κ2) is 4.81. The van der Waals surface area contributed by atoms with Gasteiger partial charge >= 0.3 is 0 Å². The van der Waals surface area contributed by atoms with Crippen LogP contribution in [0.4, 0.5) is 5.95 Å². The van der Waals surface area contributed by atoms with Crippen molar-refractivity contribution in [1.29, 1.82) is 0 Å². The number of fused-ring (bicyclic) bond motifs is 2. The van der Waals surface area contributed by atoms with Gasteiger partial charge in [0, 0.05) is 41.8 Å². The topological polar surface area (TPSA) is 70.9 Å². The number of nitrogens with one attached hydrogen (secondary N) is 2. The van der Waals surface area contributed by atoms with Crippen LogP contribution in [-0.2, 0) is 0 Å². The van der Waals surface area contributed by atoms with Crippen LogP contribution in [0.2, 0.25) is 0 Å². The predicted octanol–water partition coefficient (Wildman–Crippen LogP) is 3.24. The van der Waals surface area contributed by atoms with Crippen LogP contribution in [-0.4, -0.2) is 30.6 Å². The van der Waals surface area contributed by atoms with Gasteiger partial charge in [0.05, 0.1) is 5.52 Å². The highest BCUT2D eigenvalue weighted by Crippen LogP contribution is 2.29. The first-order valence-electron chi connectivity index (χ1n) is 7.91. The molecule has 4 heterocycles. The second-order valence-electron chi connectivity index (χ2n) is 6.05. The Hall–Kier alpha value is -2.89. The van der Waals surface area contributed by atoms with E-state index in [9.17, 15) is 0 Å². The molecule has 5 rings (SSSR count). The van der Waals surface area contributed by atoms with Crippen molar-refractivity contribution in [3.63, 3.8) is 0 Å². The molecule has 0 unspecified atom stereocenters. The Morgan fingerprint density at radius 2 is 2.22 bits per heavy atom. The van der Waals surface area contributed by atoms with Crippen molar-refractivity contribution in [2.45, 2.75) is 25.3 Å². The number of pyridine rings is 1. The lowest BCUT2D eigenvalue weighted by molar-refractivity contribution is 0.443. The number of rotatable bonds is 3. The van der Waals surface area contributed by atoms with Gasteiger partial charge in [-0.15, -0.1) is 0 Å². The molecule has 1 fully saturated rings. The third kappa shape index (κ3) is 2.06. The second-order valence-corrected chi connectivity index (χ2v) is 6.05. The van der Waals surface area contributed by atoms with Gasteiger partial charge in [-0.2, -0.15) is 10.1 Å². The average Bonchev–Trinajstić information content (AvgIpc) is 3.16. The van der Waals surface area contributed by atoms with Crippen LogP contribution in [0.1, 0.15) is 19.3 Å². The maximum atomic E-state index is 4.60. The van der Waals surface area contributed by atoms with E-state index < -0.39 is 0 Å². The first-order valence-corrected chi connectivity index (χ1v) is 7.91. The molecule has 0 spiro atoms. The highest BCUT2D eigenvalue weighted by molar-refractivity contribution is 5.94. The summed E-state index contributed by atoms with van der Waals surface area (Å²) in [5, 5.41) is 8.65. The number of aromatic nitrogens is 5. The summed E-state index contributed by atoms with van der Waals surface area (Å²) in [6.07, 6.45) is 11.4. The molecular formula is C17H16N6. The molecule has 23 heavy (non-hydrogen) atoms. The van der Waals surface area contributed by atoms with E-state index in [4.69, 9.17) is 0 Å². The lowest BCUT2D eigenvalue weighted by Crippen LogP contribution is -2.27. The van der Waals surface area contributed by atoms with Gasteiger partial charge < -0.3 is 10.3 Å². The molecule has 114 valence electrons. The quantitative estimate of drug-likeness (QED) is 0.609. The summed E-state index contributed by atoms with van der Waals surface area (Å²) in [5.74, 6) is 0.710. The SMILES string of the molecule is c1cc2cc(-c3c[nH]c4nc(NC5CCC5)ncc34)ccn2n1. The van der Waals surface area contributed by atoms with E-state index >= 15 is 0 Å². The fourth-order valence-corrected chi connectivity index (χ4v) is 3.04. The molecule has 6 heteroatoms. The minimum Gasteiger partial charge on any atom is -0.351 e. The van der Waals surface area contributed by atoms with Crippen molar-refractivity contribution in [3.05, 3.63) is 43.0 Å². The zero-order chi connectivity index (χ0) is 15.2. The molecule has 1 saturated carbocycles. The van der Waals surface area contributed by atoms with Crippen LogP contribution in [0.15, 0.2) is 43.0 Å². The maximum Gasteiger partial charge on any atom is 0.224 e. The normalized spacial score (nSPS) is 15.1. The highest BCUT2D eigenvalue weighted by atomic mass is 15.2. The minimum atomic E-state index is 0.533. The minimum absolute atomic E-state index is 0.533. The van der Waals surface area contributed by atoms with Gasteiger partial charge in [-0.1, -0.05) is 0 Å². The van der Waals surface area contributed by atoms with Crippen LogP contribution in [0.25, 0.3) is 27.7 Å². The Labute approximate surface area is 132 Å². The predicted molar refractivity (Wildman–Crippen MR) is 89.3 cm³/mol. The van der Waals surface area contributed by atoms with E-state index in [1.807, 2.05) is 29.2 Å². The smallest absolute Gasteiger partial charge is 0.224 e. The van der Waals surface area contributed by atoms with E-state index in [0.29, 0.717) is 12.0 Å². The lowest BCUT2D eigenvalue weighted by Gasteiger charge is -2.26. The van der Waals surface area contributed by atoms with E-state index in [-0.39, 0.29) is 0 Å². The fraction of sp³-hybridized carbons (Fsp3) is 0.235. The molecule has 0 aliphatic heterocycles. The lowest BCUT2D eigenvalue weighted by atomic mass is 9.93. The molecular weight excluding hydrogens is 288 g/mol. The van der Waals surface area contributed by atoms with Gasteiger partial charge in [-0.05, 0) is 43.0 Å². The fourth-order valence-electron chi connectivity index (χ4n) is 3.04. The Morgan fingerprint density at radius 3 is 3.09 bits per heavy atom. The molecule has 0 atom stereocenters. The van der Waals surface area contributed by atoms with Gasteiger partial charge in [-0.3, -0.25) is 0 Å². The van der Waals surface area contributed by atoms with Gasteiger partial charge in [0.15, 0.2) is 0 Å². The molecule has 4 aromatic rings. The van der Waals surface area contributed by atoms with Crippen LogP contribution >= 0.6 is 0 Å². The van der Waals surface area contributed by atoms with Crippen LogP contribution in [0, 0.1) is 0 Å². The van der Waals surface area contributed by atoms with Crippen molar-refractivity contribution >= 4 is 22.5 Å². The summed E-state index contributed by atoms with van der Waals surface area (Å²) in [5.41, 5.74) is 4.18. The zero-order valence-corrected chi connectivity index (χ0v) is 12.5. The van der Waals surface area contributed by atoms with Crippen LogP contribution in [0.3, 0.4) is 0 Å². The van der Waals surface area contributed by atoms with Crippen molar-refractivity contribution in [2.75, 3.05) is 5.32 Å². The summed E-state index contributed by atoms with van der Waals surface area (Å²) in [6.45, 7) is 0. The zero-order valence-electron chi connectivity index (χ0n) is 12.5. The van der Waals surface area contributed by atoms with E-state index in [0.717, 1.165) is 27.7 Å². The van der Waals surface area contributed by atoms with Gasteiger partial charge in [-0.25, -0.2) is 9.50 Å². The molecule has 1 aliphatic rings. The first-order chi connectivity index (χ1) is 11.4. The molecule has 1 aliphatic carbocycles. The maximum absolute atomic E-state index is 4.60. The number of nitrogens with zero attached hydrogens (tertiary/aromatic N) is 4. The molecule has 0 aromatic carbocycles. The number of anilines is 1. The average molecular weight is 304 g/mol. The summed E-state index contributed by atoms with van der Waals surface area (Å²) >= 11 is 0. The molecule has 6 nitrogen and oxygen atoms in total. The van der Waals surface area contributed by atoms with E-state index in [1.54, 1.807) is 6.20 Å². The third-order valence-electron chi connectivity index (χ3n) is 4.58. The van der Waals surface area contributed by atoms with Crippen molar-refractivity contribution in [1.82, 2.24) is 24.6 Å². The Balaban J connectivity index is 1.55. The van der Waals surface area contributed by atoms with Crippen LogP contribution < -0.4 is 5.32 Å². The summed E-state index contributed by atoms with van der Waals surface area (Å²) in [6, 6.07) is 6.71. The monoisotopic (exact) mass is 304 g/mol. The third-order valence-corrected chi connectivity index (χ3v) is 4.58. The number of H-pyrrole nitrogens is 1.